The van der Waals surface area contributed by atoms with Crippen LogP contribution in [0.15, 0.2) is 36.0 Å². The van der Waals surface area contributed by atoms with Crippen LogP contribution in [0.4, 0.5) is 0 Å². The topological polar surface area (TPSA) is 24.9 Å². The predicted octanol–water partition coefficient (Wildman–Crippen LogP) is 3.49. The molecule has 1 aliphatic rings. The number of hydrogen-bond acceptors (Lipinski definition) is 2. The summed E-state index contributed by atoms with van der Waals surface area (Å²) in [6.07, 6.45) is 11.9. The van der Waals surface area contributed by atoms with Crippen LogP contribution in [-0.2, 0) is 6.42 Å². The third kappa shape index (κ3) is 3.95. The molecule has 2 heteroatoms. The smallest absolute Gasteiger partial charge is 0.0422 e. The van der Waals surface area contributed by atoms with Gasteiger partial charge in [-0.15, -0.1) is 0 Å². The van der Waals surface area contributed by atoms with Crippen LogP contribution in [0, 0.1) is 0 Å². The Morgan fingerprint density at radius 1 is 1.28 bits per heavy atom. The molecule has 2 nitrogen and oxygen atoms in total. The van der Waals surface area contributed by atoms with Crippen molar-refractivity contribution < 1.29 is 0 Å². The third-order valence-corrected chi connectivity index (χ3v) is 3.61. The maximum atomic E-state index is 4.45. The molecule has 0 aliphatic heterocycles. The molecule has 98 valence electrons. The lowest BCUT2D eigenvalue weighted by Crippen LogP contribution is -2.33. The minimum atomic E-state index is 0.475. The van der Waals surface area contributed by atoms with Crippen LogP contribution in [0.25, 0.3) is 0 Å². The highest BCUT2D eigenvalue weighted by Gasteiger charge is 2.15. The first-order valence-corrected chi connectivity index (χ1v) is 7.22. The molecule has 0 bridgehead atoms. The highest BCUT2D eigenvalue weighted by Crippen LogP contribution is 2.21. The molecule has 1 aromatic heterocycles. The Kier molecular flexibility index (Phi) is 5.40. The predicted molar refractivity (Wildman–Crippen MR) is 76.6 cm³/mol. The van der Waals surface area contributed by atoms with Gasteiger partial charge in [-0.3, -0.25) is 4.98 Å². The average molecular weight is 244 g/mol. The van der Waals surface area contributed by atoms with Crippen molar-refractivity contribution in [1.82, 2.24) is 10.3 Å². The van der Waals surface area contributed by atoms with E-state index in [2.05, 4.69) is 35.4 Å². The third-order valence-electron chi connectivity index (χ3n) is 3.61. The van der Waals surface area contributed by atoms with Crippen molar-refractivity contribution in [2.45, 2.75) is 51.5 Å². The summed E-state index contributed by atoms with van der Waals surface area (Å²) < 4.78 is 0. The molecule has 1 aromatic rings. The van der Waals surface area contributed by atoms with E-state index in [1.54, 1.807) is 5.57 Å². The van der Waals surface area contributed by atoms with E-state index in [1.807, 2.05) is 12.3 Å². The van der Waals surface area contributed by atoms with Crippen LogP contribution >= 0.6 is 0 Å². The first kappa shape index (κ1) is 13.3. The second-order valence-corrected chi connectivity index (χ2v) is 5.01. The number of likely N-dealkylation sites (N-methyl/N-ethyl adjacent to an activating group) is 1. The molecule has 0 aromatic carbocycles. The number of allylic oxidation sites excluding steroid dienone is 1. The number of nitrogens with one attached hydrogen (secondary N) is 1. The second kappa shape index (κ2) is 7.32. The minimum Gasteiger partial charge on any atom is -0.310 e. The first-order valence-electron chi connectivity index (χ1n) is 7.22. The van der Waals surface area contributed by atoms with Gasteiger partial charge in [0.25, 0.3) is 0 Å². The molecular formula is C16H24N2. The quantitative estimate of drug-likeness (QED) is 0.802. The Morgan fingerprint density at radius 2 is 2.22 bits per heavy atom. The van der Waals surface area contributed by atoms with Crippen molar-refractivity contribution in [3.63, 3.8) is 0 Å². The van der Waals surface area contributed by atoms with Crippen LogP contribution in [0.2, 0.25) is 0 Å². The van der Waals surface area contributed by atoms with Gasteiger partial charge in [0, 0.05) is 24.4 Å². The van der Waals surface area contributed by atoms with E-state index >= 15 is 0 Å². The van der Waals surface area contributed by atoms with Crippen molar-refractivity contribution in [3.05, 3.63) is 41.7 Å². The largest absolute Gasteiger partial charge is 0.310 e. The average Bonchev–Trinajstić information content (AvgIpc) is 2.68. The van der Waals surface area contributed by atoms with Gasteiger partial charge in [0.15, 0.2) is 0 Å². The SMILES string of the molecule is CCNC(Cc1ccccn1)C1=CCCCCC1. The summed E-state index contributed by atoms with van der Waals surface area (Å²) in [5, 5.41) is 3.62. The molecule has 0 amide bonds. The van der Waals surface area contributed by atoms with Crippen molar-refractivity contribution in [1.29, 1.82) is 0 Å². The minimum absolute atomic E-state index is 0.475. The molecule has 1 atom stereocenters. The van der Waals surface area contributed by atoms with Gasteiger partial charge in [0.1, 0.15) is 0 Å². The van der Waals surface area contributed by atoms with Crippen molar-refractivity contribution in [3.8, 4) is 0 Å². The number of rotatable bonds is 5. The molecule has 18 heavy (non-hydrogen) atoms. The van der Waals surface area contributed by atoms with E-state index in [1.165, 1.54) is 37.8 Å². The Bertz CT molecular complexity index is 370. The van der Waals surface area contributed by atoms with Gasteiger partial charge in [-0.2, -0.15) is 0 Å². The summed E-state index contributed by atoms with van der Waals surface area (Å²) in [6.45, 7) is 3.21. The highest BCUT2D eigenvalue weighted by atomic mass is 14.9. The Balaban J connectivity index is 2.05. The summed E-state index contributed by atoms with van der Waals surface area (Å²) in [6, 6.07) is 6.66. The summed E-state index contributed by atoms with van der Waals surface area (Å²) in [5.41, 5.74) is 2.79. The lowest BCUT2D eigenvalue weighted by Gasteiger charge is -2.20. The van der Waals surface area contributed by atoms with E-state index in [0.29, 0.717) is 6.04 Å². The molecular weight excluding hydrogens is 220 g/mol. The Labute approximate surface area is 111 Å². The second-order valence-electron chi connectivity index (χ2n) is 5.01. The molecule has 0 fully saturated rings. The summed E-state index contributed by atoms with van der Waals surface area (Å²) in [5.74, 6) is 0. The maximum Gasteiger partial charge on any atom is 0.0422 e. The van der Waals surface area contributed by atoms with Gasteiger partial charge in [-0.25, -0.2) is 0 Å². The zero-order chi connectivity index (χ0) is 12.6. The number of pyridine rings is 1. The van der Waals surface area contributed by atoms with Crippen molar-refractivity contribution in [2.75, 3.05) is 6.54 Å². The van der Waals surface area contributed by atoms with Crippen molar-refractivity contribution >= 4 is 0 Å². The van der Waals surface area contributed by atoms with E-state index in [9.17, 15) is 0 Å². The van der Waals surface area contributed by atoms with Crippen molar-refractivity contribution in [2.24, 2.45) is 0 Å². The molecule has 0 saturated carbocycles. The summed E-state index contributed by atoms with van der Waals surface area (Å²) in [4.78, 5) is 4.45. The zero-order valence-electron chi connectivity index (χ0n) is 11.4. The first-order chi connectivity index (χ1) is 8.90. The van der Waals surface area contributed by atoms with Gasteiger partial charge in [0.05, 0.1) is 0 Å². The van der Waals surface area contributed by atoms with Gasteiger partial charge >= 0.3 is 0 Å². The monoisotopic (exact) mass is 244 g/mol. The summed E-state index contributed by atoms with van der Waals surface area (Å²) >= 11 is 0. The van der Waals surface area contributed by atoms with E-state index in [4.69, 9.17) is 0 Å². The van der Waals surface area contributed by atoms with Gasteiger partial charge in [-0.05, 0) is 44.4 Å². The number of nitrogens with zero attached hydrogens (tertiary/aromatic N) is 1. The fourth-order valence-electron chi connectivity index (χ4n) is 2.67. The molecule has 0 radical (unpaired) electrons. The normalized spacial score (nSPS) is 17.9. The molecule has 1 aliphatic carbocycles. The molecule has 2 rings (SSSR count). The fraction of sp³-hybridized carbons (Fsp3) is 0.562. The van der Waals surface area contributed by atoms with E-state index < -0.39 is 0 Å². The van der Waals surface area contributed by atoms with Crippen LogP contribution in [0.3, 0.4) is 0 Å². The van der Waals surface area contributed by atoms with Crippen LogP contribution < -0.4 is 5.32 Å². The van der Waals surface area contributed by atoms with Crippen LogP contribution in [-0.4, -0.2) is 17.6 Å². The van der Waals surface area contributed by atoms with E-state index in [-0.39, 0.29) is 0 Å². The highest BCUT2D eigenvalue weighted by molar-refractivity contribution is 5.17. The standard InChI is InChI=1S/C16H24N2/c1-2-17-16(13-15-11-7-8-12-18-15)14-9-5-3-4-6-10-14/h7-9,11-12,16-17H,2-6,10,13H2,1H3. The van der Waals surface area contributed by atoms with Gasteiger partial charge in [-0.1, -0.05) is 31.1 Å². The molecule has 1 N–H and O–H groups in total. The lowest BCUT2D eigenvalue weighted by atomic mass is 9.97. The Hall–Kier alpha value is -1.15. The van der Waals surface area contributed by atoms with Gasteiger partial charge < -0.3 is 5.32 Å². The van der Waals surface area contributed by atoms with Gasteiger partial charge in [0.2, 0.25) is 0 Å². The molecule has 0 spiro atoms. The maximum absolute atomic E-state index is 4.45. The molecule has 1 heterocycles. The fourth-order valence-corrected chi connectivity index (χ4v) is 2.67. The number of aromatic nitrogens is 1. The lowest BCUT2D eigenvalue weighted by molar-refractivity contribution is 0.557. The van der Waals surface area contributed by atoms with Crippen LogP contribution in [0.5, 0.6) is 0 Å². The zero-order valence-corrected chi connectivity index (χ0v) is 11.4. The number of hydrogen-bond donors (Lipinski definition) is 1. The molecule has 1 unspecified atom stereocenters. The Morgan fingerprint density at radius 3 is 3.00 bits per heavy atom. The van der Waals surface area contributed by atoms with E-state index in [0.717, 1.165) is 13.0 Å². The summed E-state index contributed by atoms with van der Waals surface area (Å²) in [7, 11) is 0. The van der Waals surface area contributed by atoms with Crippen LogP contribution in [0.1, 0.15) is 44.7 Å². The molecule has 0 saturated heterocycles.